The van der Waals surface area contributed by atoms with Gasteiger partial charge in [0.15, 0.2) is 11.5 Å². The molecule has 2 aliphatic heterocycles. The minimum absolute atomic E-state index is 0.0897. The molecule has 6 heteroatoms. The lowest BCUT2D eigenvalue weighted by Crippen LogP contribution is -2.83. The predicted octanol–water partition coefficient (Wildman–Crippen LogP) is 3.94. The van der Waals surface area contributed by atoms with Crippen LogP contribution >= 0.6 is 0 Å². The van der Waals surface area contributed by atoms with Crippen LogP contribution in [-0.2, 0) is 21.4 Å². The first-order valence-corrected chi connectivity index (χ1v) is 13.5. The first-order chi connectivity index (χ1) is 16.4. The first kappa shape index (κ1) is 22.4. The van der Waals surface area contributed by atoms with Crippen LogP contribution in [0.15, 0.2) is 12.1 Å². The number of phenolic OH excluding ortho intramolecular Hbond substituents is 1. The van der Waals surface area contributed by atoms with Gasteiger partial charge in [-0.2, -0.15) is 0 Å². The average Bonchev–Trinajstić information content (AvgIpc) is 3.59. The van der Waals surface area contributed by atoms with E-state index in [0.29, 0.717) is 11.7 Å². The second-order valence-electron chi connectivity index (χ2n) is 13.7. The molecule has 6 nitrogen and oxygen atoms in total. The maximum absolute atomic E-state index is 13.6. The van der Waals surface area contributed by atoms with Crippen LogP contribution in [0, 0.1) is 22.7 Å². The van der Waals surface area contributed by atoms with E-state index in [1.807, 2.05) is 6.92 Å². The molecule has 2 heterocycles. The number of aliphatic hydroxyl groups is 1. The average molecular weight is 482 g/mol. The monoisotopic (exact) mass is 481 g/mol. The zero-order valence-electron chi connectivity index (χ0n) is 21.7. The molecule has 2 spiro atoms. The molecule has 7 atom stereocenters. The Hall–Kier alpha value is -1.79. The molecule has 0 aromatic heterocycles. The van der Waals surface area contributed by atoms with Gasteiger partial charge < -0.3 is 24.6 Å². The van der Waals surface area contributed by atoms with E-state index in [9.17, 15) is 15.0 Å². The number of carbonyl (C=O) groups is 1. The Kier molecular flexibility index (Phi) is 4.08. The number of carbonyl (C=O) groups excluding carboxylic acids is 1. The van der Waals surface area contributed by atoms with Crippen molar-refractivity contribution in [3.8, 4) is 11.5 Å². The van der Waals surface area contributed by atoms with E-state index in [0.717, 1.165) is 51.5 Å². The van der Waals surface area contributed by atoms with E-state index in [1.54, 1.807) is 13.2 Å². The van der Waals surface area contributed by atoms with Crippen molar-refractivity contribution < 1.29 is 24.5 Å². The zero-order chi connectivity index (χ0) is 24.8. The summed E-state index contributed by atoms with van der Waals surface area (Å²) in [5, 5.41) is 23.1. The number of hydrogen-bond acceptors (Lipinski definition) is 5. The number of rotatable bonds is 3. The molecule has 1 aromatic rings. The van der Waals surface area contributed by atoms with E-state index < -0.39 is 11.2 Å². The molecule has 8 rings (SSSR count). The molecular weight excluding hydrogens is 442 g/mol. The Bertz CT molecular complexity index is 1130. The molecule has 0 radical (unpaired) electrons. The highest BCUT2D eigenvalue weighted by molar-refractivity contribution is 5.82. The van der Waals surface area contributed by atoms with Crippen molar-refractivity contribution in [3.05, 3.63) is 23.3 Å². The normalized spacial score (nSPS) is 42.3. The van der Waals surface area contributed by atoms with Crippen molar-refractivity contribution in [1.29, 1.82) is 0 Å². The number of amides is 1. The molecule has 5 fully saturated rings. The van der Waals surface area contributed by atoms with Crippen LogP contribution in [0.3, 0.4) is 0 Å². The van der Waals surface area contributed by atoms with E-state index >= 15 is 0 Å². The highest BCUT2D eigenvalue weighted by Gasteiger charge is 2.82. The Morgan fingerprint density at radius 1 is 1.17 bits per heavy atom. The number of benzene rings is 1. The summed E-state index contributed by atoms with van der Waals surface area (Å²) >= 11 is 0. The lowest BCUT2D eigenvalue weighted by atomic mass is 9.33. The molecule has 1 saturated heterocycles. The van der Waals surface area contributed by atoms with Crippen LogP contribution in [0.2, 0.25) is 0 Å². The predicted molar refractivity (Wildman–Crippen MR) is 130 cm³/mol. The summed E-state index contributed by atoms with van der Waals surface area (Å²) in [6.45, 7) is 9.01. The van der Waals surface area contributed by atoms with Gasteiger partial charge in [0.2, 0.25) is 5.91 Å². The van der Waals surface area contributed by atoms with Crippen molar-refractivity contribution >= 4 is 5.91 Å². The van der Waals surface area contributed by atoms with Crippen LogP contribution in [0.1, 0.15) is 77.3 Å². The van der Waals surface area contributed by atoms with Crippen LogP contribution < -0.4 is 4.74 Å². The van der Waals surface area contributed by atoms with Crippen molar-refractivity contribution in [3.63, 3.8) is 0 Å². The topological polar surface area (TPSA) is 79.2 Å². The SMILES string of the molecule is COC12CC[C@]3(C[C@@H]1C(C)(O)C(C)(C)C)[C@@H]1Cc4ccc(O)c5c4[C@@]3(CCN1C(=O)C1CC1)[C@H]2O5. The third kappa shape index (κ3) is 2.29. The maximum Gasteiger partial charge on any atom is 0.225 e. The summed E-state index contributed by atoms with van der Waals surface area (Å²) in [5.74, 6) is 1.18. The molecular formula is C29H39NO5. The summed E-state index contributed by atoms with van der Waals surface area (Å²) in [6.07, 6.45) is 5.89. The van der Waals surface area contributed by atoms with Gasteiger partial charge in [0.25, 0.3) is 0 Å². The molecule has 5 aliphatic carbocycles. The summed E-state index contributed by atoms with van der Waals surface area (Å²) in [7, 11) is 1.78. The molecule has 4 bridgehead atoms. The third-order valence-corrected chi connectivity index (χ3v) is 11.8. The molecule has 7 aliphatic rings. The van der Waals surface area contributed by atoms with Crippen LogP contribution in [0.4, 0.5) is 0 Å². The number of phenols is 1. The molecule has 1 amide bonds. The van der Waals surface area contributed by atoms with Crippen molar-refractivity contribution in [2.75, 3.05) is 13.7 Å². The van der Waals surface area contributed by atoms with Gasteiger partial charge in [-0.05, 0) is 68.9 Å². The molecule has 190 valence electrons. The number of methoxy groups -OCH3 is 1. The minimum Gasteiger partial charge on any atom is -0.504 e. The fraction of sp³-hybridized carbons (Fsp3) is 0.759. The summed E-state index contributed by atoms with van der Waals surface area (Å²) in [6, 6.07) is 3.90. The van der Waals surface area contributed by atoms with Gasteiger partial charge in [-0.25, -0.2) is 0 Å². The van der Waals surface area contributed by atoms with Gasteiger partial charge in [-0.1, -0.05) is 26.8 Å². The van der Waals surface area contributed by atoms with Crippen LogP contribution in [0.5, 0.6) is 11.5 Å². The number of hydrogen-bond donors (Lipinski definition) is 2. The summed E-state index contributed by atoms with van der Waals surface area (Å²) < 4.78 is 13.4. The molecule has 4 saturated carbocycles. The second-order valence-corrected chi connectivity index (χ2v) is 13.7. The molecule has 2 N–H and O–H groups in total. The molecule has 2 unspecified atom stereocenters. The van der Waals surface area contributed by atoms with Gasteiger partial charge in [0, 0.05) is 47.9 Å². The quantitative estimate of drug-likeness (QED) is 0.684. The number of ether oxygens (including phenoxy) is 2. The zero-order valence-corrected chi connectivity index (χ0v) is 21.7. The Labute approximate surface area is 208 Å². The third-order valence-electron chi connectivity index (χ3n) is 11.8. The highest BCUT2D eigenvalue weighted by Crippen LogP contribution is 2.78. The van der Waals surface area contributed by atoms with E-state index in [1.165, 1.54) is 11.1 Å². The standard InChI is InChI=1S/C29H39NO5/c1-25(2,3)26(4,33)19-15-27-10-11-29(19,34-5)24-28(27)12-13-30(23(32)16-6-7-16)20(27)14-17-8-9-18(31)22(35-24)21(17)28/h8-9,16,19-20,24,31,33H,6-7,10-15H2,1-5H3/t19-,20+,24-,26?,27+,28+,29?/m1/s1. The first-order valence-electron chi connectivity index (χ1n) is 13.5. The maximum atomic E-state index is 13.6. The number of likely N-dealkylation sites (tertiary alicyclic amines) is 1. The second kappa shape index (κ2) is 6.36. The minimum atomic E-state index is -1.00. The van der Waals surface area contributed by atoms with Gasteiger partial charge in [-0.15, -0.1) is 0 Å². The summed E-state index contributed by atoms with van der Waals surface area (Å²) in [4.78, 5) is 15.8. The Morgan fingerprint density at radius 3 is 2.57 bits per heavy atom. The van der Waals surface area contributed by atoms with E-state index in [-0.39, 0.29) is 46.0 Å². The van der Waals surface area contributed by atoms with Crippen LogP contribution in [0.25, 0.3) is 0 Å². The van der Waals surface area contributed by atoms with E-state index in [4.69, 9.17) is 9.47 Å². The fourth-order valence-corrected chi connectivity index (χ4v) is 9.46. The lowest BCUT2D eigenvalue weighted by Gasteiger charge is -2.75. The van der Waals surface area contributed by atoms with Crippen molar-refractivity contribution in [1.82, 2.24) is 4.90 Å². The Morgan fingerprint density at radius 2 is 1.91 bits per heavy atom. The number of nitrogens with zero attached hydrogens (tertiary/aromatic N) is 1. The van der Waals surface area contributed by atoms with Gasteiger partial charge in [0.1, 0.15) is 11.7 Å². The fourth-order valence-electron chi connectivity index (χ4n) is 9.46. The van der Waals surface area contributed by atoms with Crippen molar-refractivity contribution in [2.24, 2.45) is 22.7 Å². The van der Waals surface area contributed by atoms with Gasteiger partial charge >= 0.3 is 0 Å². The number of piperidine rings is 1. The van der Waals surface area contributed by atoms with Gasteiger partial charge in [-0.3, -0.25) is 4.79 Å². The number of fused-ring (bicyclic) bond motifs is 2. The van der Waals surface area contributed by atoms with Crippen LogP contribution in [-0.4, -0.2) is 58.0 Å². The molecule has 35 heavy (non-hydrogen) atoms. The lowest BCUT2D eigenvalue weighted by molar-refractivity contribution is -0.311. The van der Waals surface area contributed by atoms with Gasteiger partial charge in [0.05, 0.1) is 5.60 Å². The molecule has 1 aromatic carbocycles. The smallest absolute Gasteiger partial charge is 0.225 e. The largest absolute Gasteiger partial charge is 0.504 e. The Balaban J connectivity index is 1.49. The van der Waals surface area contributed by atoms with Crippen molar-refractivity contribution in [2.45, 2.75) is 101 Å². The van der Waals surface area contributed by atoms with E-state index in [2.05, 4.69) is 31.7 Å². The highest BCUT2D eigenvalue weighted by atomic mass is 16.6. The summed E-state index contributed by atoms with van der Waals surface area (Å²) in [5.41, 5.74) is -0.152. The number of aromatic hydroxyl groups is 1.